The number of benzene rings is 2. The van der Waals surface area contributed by atoms with Crippen molar-refractivity contribution >= 4 is 17.9 Å². The number of nitrogens with one attached hydrogen (secondary N) is 2. The first-order valence-electron chi connectivity index (χ1n) is 8.44. The van der Waals surface area contributed by atoms with Crippen LogP contribution in [0.2, 0.25) is 0 Å². The summed E-state index contributed by atoms with van der Waals surface area (Å²) in [6, 6.07) is 15.2. The molecule has 1 atom stereocenters. The molecule has 2 aromatic carbocycles. The van der Waals surface area contributed by atoms with E-state index in [1.165, 1.54) is 7.05 Å². The lowest BCUT2D eigenvalue weighted by Gasteiger charge is -2.17. The average Bonchev–Trinajstić information content (AvgIpc) is 2.71. The van der Waals surface area contributed by atoms with Gasteiger partial charge in [-0.25, -0.2) is 4.79 Å². The summed E-state index contributed by atoms with van der Waals surface area (Å²) in [5.41, 5.74) is 1.34. The fourth-order valence-corrected chi connectivity index (χ4v) is 2.48. The van der Waals surface area contributed by atoms with Gasteiger partial charge in [0.2, 0.25) is 6.10 Å². The highest BCUT2D eigenvalue weighted by Gasteiger charge is 2.26. The second-order valence-electron chi connectivity index (χ2n) is 5.66. The van der Waals surface area contributed by atoms with E-state index in [1.54, 1.807) is 37.4 Å². The van der Waals surface area contributed by atoms with Crippen LogP contribution in [0, 0.1) is 0 Å². The van der Waals surface area contributed by atoms with Crippen molar-refractivity contribution in [3.8, 4) is 5.75 Å². The summed E-state index contributed by atoms with van der Waals surface area (Å²) in [4.78, 5) is 36.1. The maximum Gasteiger partial charge on any atom is 0.321 e. The Hall–Kier alpha value is -3.35. The zero-order valence-corrected chi connectivity index (χ0v) is 15.2. The first-order chi connectivity index (χ1) is 13.0. The Labute approximate surface area is 157 Å². The lowest BCUT2D eigenvalue weighted by Crippen LogP contribution is -2.41. The number of esters is 1. The first-order valence-corrected chi connectivity index (χ1v) is 8.44. The van der Waals surface area contributed by atoms with Crippen molar-refractivity contribution in [1.82, 2.24) is 10.6 Å². The Morgan fingerprint density at radius 2 is 1.67 bits per heavy atom. The number of amides is 3. The lowest BCUT2D eigenvalue weighted by atomic mass is 10.1. The van der Waals surface area contributed by atoms with Crippen molar-refractivity contribution in [2.24, 2.45) is 0 Å². The maximum atomic E-state index is 12.4. The number of hydrogen-bond acceptors (Lipinski definition) is 5. The molecule has 0 radical (unpaired) electrons. The van der Waals surface area contributed by atoms with Gasteiger partial charge in [-0.3, -0.25) is 14.9 Å². The number of ether oxygens (including phenoxy) is 2. The molecule has 0 bridgehead atoms. The molecule has 7 nitrogen and oxygen atoms in total. The van der Waals surface area contributed by atoms with Crippen LogP contribution in [0.1, 0.15) is 23.7 Å². The van der Waals surface area contributed by atoms with Crippen LogP contribution in [0.3, 0.4) is 0 Å². The van der Waals surface area contributed by atoms with Gasteiger partial charge in [0, 0.05) is 19.0 Å². The molecule has 2 rings (SSSR count). The fraction of sp³-hybridized carbons (Fsp3) is 0.250. The van der Waals surface area contributed by atoms with Crippen molar-refractivity contribution in [3.63, 3.8) is 0 Å². The second kappa shape index (κ2) is 9.96. The molecule has 0 saturated heterocycles. The van der Waals surface area contributed by atoms with Crippen LogP contribution in [0.4, 0.5) is 4.79 Å². The summed E-state index contributed by atoms with van der Waals surface area (Å²) in [5, 5.41) is 4.43. The second-order valence-corrected chi connectivity index (χ2v) is 5.66. The Morgan fingerprint density at radius 1 is 1.00 bits per heavy atom. The SMILES string of the molecule is CNC(=O)NC(=O)[C@@H](OC(=O)CCc1ccccc1OC)c1ccccc1. The van der Waals surface area contributed by atoms with Crippen molar-refractivity contribution < 1.29 is 23.9 Å². The minimum absolute atomic E-state index is 0.0664. The minimum atomic E-state index is -1.21. The predicted molar refractivity (Wildman–Crippen MR) is 99.2 cm³/mol. The molecule has 27 heavy (non-hydrogen) atoms. The van der Waals surface area contributed by atoms with Gasteiger partial charge < -0.3 is 14.8 Å². The third-order valence-corrected chi connectivity index (χ3v) is 3.84. The minimum Gasteiger partial charge on any atom is -0.496 e. The molecule has 0 aliphatic heterocycles. The number of imide groups is 1. The van der Waals surface area contributed by atoms with Crippen LogP contribution in [-0.2, 0) is 20.7 Å². The molecule has 2 N–H and O–H groups in total. The predicted octanol–water partition coefficient (Wildman–Crippen LogP) is 2.37. The van der Waals surface area contributed by atoms with Crippen LogP contribution in [0.15, 0.2) is 54.6 Å². The normalized spacial score (nSPS) is 11.2. The maximum absolute atomic E-state index is 12.4. The van der Waals surface area contributed by atoms with Crippen molar-refractivity contribution in [2.75, 3.05) is 14.2 Å². The van der Waals surface area contributed by atoms with Gasteiger partial charge >= 0.3 is 12.0 Å². The molecule has 0 aliphatic carbocycles. The highest BCUT2D eigenvalue weighted by molar-refractivity contribution is 5.97. The standard InChI is InChI=1S/C20H22N2O5/c1-21-20(25)22-19(24)18(15-9-4-3-5-10-15)27-17(23)13-12-14-8-6-7-11-16(14)26-2/h3-11,18H,12-13H2,1-2H3,(H2,21,22,24,25)/t18-/m0/s1. The van der Waals surface area contributed by atoms with Crippen LogP contribution in [0.25, 0.3) is 0 Å². The molecule has 0 spiro atoms. The topological polar surface area (TPSA) is 93.7 Å². The Bertz CT molecular complexity index is 792. The van der Waals surface area contributed by atoms with Gasteiger partial charge in [0.15, 0.2) is 0 Å². The summed E-state index contributed by atoms with van der Waals surface area (Å²) in [6.45, 7) is 0. The molecular weight excluding hydrogens is 348 g/mol. The molecule has 0 aliphatic rings. The molecule has 142 valence electrons. The van der Waals surface area contributed by atoms with Gasteiger partial charge in [-0.2, -0.15) is 0 Å². The molecule has 0 saturated carbocycles. The lowest BCUT2D eigenvalue weighted by molar-refractivity contribution is -0.156. The van der Waals surface area contributed by atoms with E-state index in [2.05, 4.69) is 10.6 Å². The summed E-state index contributed by atoms with van der Waals surface area (Å²) in [5.74, 6) is -0.588. The zero-order valence-electron chi connectivity index (χ0n) is 15.2. The number of aryl methyl sites for hydroxylation is 1. The summed E-state index contributed by atoms with van der Waals surface area (Å²) < 4.78 is 10.6. The number of carbonyl (C=O) groups excluding carboxylic acids is 3. The monoisotopic (exact) mass is 370 g/mol. The smallest absolute Gasteiger partial charge is 0.321 e. The first kappa shape index (κ1) is 20.0. The highest BCUT2D eigenvalue weighted by Crippen LogP contribution is 2.21. The number of methoxy groups -OCH3 is 1. The molecule has 0 unspecified atom stereocenters. The van der Waals surface area contributed by atoms with E-state index in [0.717, 1.165) is 5.56 Å². The van der Waals surface area contributed by atoms with Crippen molar-refractivity contribution in [3.05, 3.63) is 65.7 Å². The van der Waals surface area contributed by atoms with Crippen molar-refractivity contribution in [1.29, 1.82) is 0 Å². The third kappa shape index (κ3) is 5.85. The number of urea groups is 1. The van der Waals surface area contributed by atoms with Gasteiger partial charge in [0.05, 0.1) is 7.11 Å². The molecule has 0 heterocycles. The zero-order chi connectivity index (χ0) is 19.6. The van der Waals surface area contributed by atoms with E-state index < -0.39 is 24.0 Å². The fourth-order valence-electron chi connectivity index (χ4n) is 2.48. The summed E-state index contributed by atoms with van der Waals surface area (Å²) in [7, 11) is 2.95. The van der Waals surface area contributed by atoms with Crippen LogP contribution < -0.4 is 15.4 Å². The van der Waals surface area contributed by atoms with Gasteiger partial charge in [0.1, 0.15) is 5.75 Å². The molecular formula is C20H22N2O5. The molecule has 0 fully saturated rings. The van der Waals surface area contributed by atoms with Crippen LogP contribution in [0.5, 0.6) is 5.75 Å². The van der Waals surface area contributed by atoms with E-state index in [0.29, 0.717) is 17.7 Å². The number of para-hydroxylation sites is 1. The van der Waals surface area contributed by atoms with E-state index in [4.69, 9.17) is 9.47 Å². The van der Waals surface area contributed by atoms with Crippen molar-refractivity contribution in [2.45, 2.75) is 18.9 Å². The van der Waals surface area contributed by atoms with Gasteiger partial charge in [-0.15, -0.1) is 0 Å². The van der Waals surface area contributed by atoms with Crippen LogP contribution >= 0.6 is 0 Å². The Kier molecular flexibility index (Phi) is 7.37. The third-order valence-electron chi connectivity index (χ3n) is 3.84. The van der Waals surface area contributed by atoms with E-state index in [1.807, 2.05) is 24.3 Å². The Morgan fingerprint density at radius 3 is 2.33 bits per heavy atom. The van der Waals surface area contributed by atoms with E-state index in [9.17, 15) is 14.4 Å². The van der Waals surface area contributed by atoms with Gasteiger partial charge in [-0.05, 0) is 18.1 Å². The largest absolute Gasteiger partial charge is 0.496 e. The quantitative estimate of drug-likeness (QED) is 0.730. The van der Waals surface area contributed by atoms with Gasteiger partial charge in [-0.1, -0.05) is 48.5 Å². The summed E-state index contributed by atoms with van der Waals surface area (Å²) in [6.07, 6.45) is -0.744. The molecule has 2 aromatic rings. The van der Waals surface area contributed by atoms with Crippen LogP contribution in [-0.4, -0.2) is 32.1 Å². The average molecular weight is 370 g/mol. The number of rotatable bonds is 7. The number of hydrogen-bond donors (Lipinski definition) is 2. The molecule has 3 amide bonds. The highest BCUT2D eigenvalue weighted by atomic mass is 16.5. The molecule has 7 heteroatoms. The molecule has 0 aromatic heterocycles. The van der Waals surface area contributed by atoms with E-state index >= 15 is 0 Å². The summed E-state index contributed by atoms with van der Waals surface area (Å²) >= 11 is 0. The van der Waals surface area contributed by atoms with Gasteiger partial charge in [0.25, 0.3) is 5.91 Å². The van der Waals surface area contributed by atoms with E-state index in [-0.39, 0.29) is 6.42 Å². The Balaban J connectivity index is 2.06. The number of carbonyl (C=O) groups is 3.